The van der Waals surface area contributed by atoms with E-state index in [1.165, 1.54) is 0 Å². The van der Waals surface area contributed by atoms with Crippen LogP contribution in [0.2, 0.25) is 0 Å². The molecule has 0 N–H and O–H groups in total. The molecule has 1 unspecified atom stereocenters. The number of halogens is 3. The quantitative estimate of drug-likeness (QED) is 0.703. The molecule has 0 aliphatic carbocycles. The van der Waals surface area contributed by atoms with Crippen LogP contribution in [0.25, 0.3) is 0 Å². The molecule has 0 aliphatic heterocycles. The van der Waals surface area contributed by atoms with E-state index in [1.54, 1.807) is 13.8 Å². The lowest BCUT2D eigenvalue weighted by molar-refractivity contribution is 0.0425. The molecule has 4 heteroatoms. The smallest absolute Gasteiger partial charge is 0.135 e. The zero-order valence-corrected chi connectivity index (χ0v) is 7.85. The summed E-state index contributed by atoms with van der Waals surface area (Å²) >= 11 is 0. The number of hydrogen-bond donors (Lipinski definition) is 0. The summed E-state index contributed by atoms with van der Waals surface area (Å²) in [5.41, 5.74) is -0.582. The van der Waals surface area contributed by atoms with Crippen LogP contribution in [0.3, 0.4) is 0 Å². The second kappa shape index (κ2) is 4.00. The van der Waals surface area contributed by atoms with Crippen LogP contribution in [-0.2, 0) is 5.11 Å². The Morgan fingerprint density at radius 2 is 1.50 bits per heavy atom. The summed E-state index contributed by atoms with van der Waals surface area (Å²) in [4.78, 5) is 0. The van der Waals surface area contributed by atoms with Crippen molar-refractivity contribution >= 4 is 0 Å². The number of hydrogen-bond acceptors (Lipinski definition) is 0. The van der Waals surface area contributed by atoms with Gasteiger partial charge in [0.05, 0.1) is 5.56 Å². The molecule has 1 rings (SSSR count). The Morgan fingerprint density at radius 1 is 1.07 bits per heavy atom. The molecule has 0 spiro atoms. The van der Waals surface area contributed by atoms with Crippen molar-refractivity contribution in [1.82, 2.24) is 0 Å². The summed E-state index contributed by atoms with van der Waals surface area (Å²) in [5, 5.41) is 11.4. The number of benzene rings is 1. The second-order valence-corrected chi connectivity index (χ2v) is 3.45. The van der Waals surface area contributed by atoms with Gasteiger partial charge in [-0.2, -0.15) is 0 Å². The largest absolute Gasteiger partial charge is 0.227 e. The molecule has 0 saturated heterocycles. The van der Waals surface area contributed by atoms with Crippen molar-refractivity contribution < 1.29 is 18.3 Å². The van der Waals surface area contributed by atoms with Crippen molar-refractivity contribution in [2.24, 2.45) is 5.92 Å². The molecule has 1 atom stereocenters. The predicted octanol–water partition coefficient (Wildman–Crippen LogP) is 3.23. The van der Waals surface area contributed by atoms with Gasteiger partial charge in [-0.15, -0.1) is 0 Å². The summed E-state index contributed by atoms with van der Waals surface area (Å²) in [7, 11) is 0. The van der Waals surface area contributed by atoms with Gasteiger partial charge in [0.1, 0.15) is 23.6 Å². The third-order valence-electron chi connectivity index (χ3n) is 1.93. The molecule has 1 nitrogen and oxygen atoms in total. The highest BCUT2D eigenvalue weighted by molar-refractivity contribution is 5.23. The normalized spacial score (nSPS) is 13.4. The molecule has 0 fully saturated rings. The van der Waals surface area contributed by atoms with Gasteiger partial charge in [0.2, 0.25) is 0 Å². The van der Waals surface area contributed by atoms with E-state index in [1.807, 2.05) is 0 Å². The van der Waals surface area contributed by atoms with E-state index in [0.29, 0.717) is 12.1 Å². The predicted molar refractivity (Wildman–Crippen MR) is 44.6 cm³/mol. The molecule has 77 valence electrons. The average Bonchev–Trinajstić information content (AvgIpc) is 2.01. The van der Waals surface area contributed by atoms with Gasteiger partial charge in [-0.25, -0.2) is 18.3 Å². The van der Waals surface area contributed by atoms with E-state index >= 15 is 0 Å². The zero-order valence-electron chi connectivity index (χ0n) is 7.85. The maximum atomic E-state index is 13.0. The fourth-order valence-electron chi connectivity index (χ4n) is 1.16. The van der Waals surface area contributed by atoms with Crippen molar-refractivity contribution in [3.05, 3.63) is 35.1 Å². The van der Waals surface area contributed by atoms with Gasteiger partial charge in [-0.3, -0.25) is 0 Å². The van der Waals surface area contributed by atoms with Crippen molar-refractivity contribution in [2.45, 2.75) is 20.0 Å². The standard InChI is InChI=1S/C10H10F3O/c1-5(2)10(14)9-7(12)3-6(11)4-8(9)13/h3-5,10H,1-2H3. The van der Waals surface area contributed by atoms with Crippen LogP contribution in [0.15, 0.2) is 12.1 Å². The van der Waals surface area contributed by atoms with Gasteiger partial charge in [-0.05, 0) is 5.92 Å². The van der Waals surface area contributed by atoms with E-state index < -0.39 is 35.0 Å². The zero-order chi connectivity index (χ0) is 10.9. The van der Waals surface area contributed by atoms with E-state index in [2.05, 4.69) is 0 Å². The average molecular weight is 203 g/mol. The van der Waals surface area contributed by atoms with Crippen molar-refractivity contribution in [1.29, 1.82) is 0 Å². The summed E-state index contributed by atoms with van der Waals surface area (Å²) < 4.78 is 38.6. The van der Waals surface area contributed by atoms with Gasteiger partial charge < -0.3 is 0 Å². The van der Waals surface area contributed by atoms with Crippen LogP contribution < -0.4 is 0 Å². The SMILES string of the molecule is CC(C)C([O])c1c(F)cc(F)cc1F. The Hall–Kier alpha value is -1.03. The van der Waals surface area contributed by atoms with Crippen LogP contribution in [0.4, 0.5) is 13.2 Å². The molecule has 0 aromatic heterocycles. The minimum Gasteiger partial charge on any atom is -0.227 e. The van der Waals surface area contributed by atoms with Crippen molar-refractivity contribution in [3.8, 4) is 0 Å². The van der Waals surface area contributed by atoms with E-state index in [0.717, 1.165) is 0 Å². The minimum absolute atomic E-state index is 0.440. The van der Waals surface area contributed by atoms with Crippen molar-refractivity contribution in [2.75, 3.05) is 0 Å². The van der Waals surface area contributed by atoms with Crippen LogP contribution >= 0.6 is 0 Å². The Labute approximate surface area is 80.2 Å². The Bertz CT molecular complexity index is 313. The second-order valence-electron chi connectivity index (χ2n) is 3.45. The first-order valence-electron chi connectivity index (χ1n) is 4.23. The van der Waals surface area contributed by atoms with E-state index in [4.69, 9.17) is 0 Å². The molecular weight excluding hydrogens is 193 g/mol. The maximum Gasteiger partial charge on any atom is 0.135 e. The van der Waals surface area contributed by atoms with Gasteiger partial charge in [-0.1, -0.05) is 13.8 Å². The van der Waals surface area contributed by atoms with Gasteiger partial charge in [0.15, 0.2) is 0 Å². The van der Waals surface area contributed by atoms with Crippen LogP contribution in [0.5, 0.6) is 0 Å². The Kier molecular flexibility index (Phi) is 3.16. The molecule has 1 aromatic carbocycles. The molecule has 0 heterocycles. The highest BCUT2D eigenvalue weighted by Gasteiger charge is 2.23. The lowest BCUT2D eigenvalue weighted by atomic mass is 9.98. The van der Waals surface area contributed by atoms with Crippen LogP contribution in [-0.4, -0.2) is 0 Å². The molecule has 1 radical (unpaired) electrons. The highest BCUT2D eigenvalue weighted by atomic mass is 19.1. The maximum absolute atomic E-state index is 13.0. The van der Waals surface area contributed by atoms with Crippen LogP contribution in [0, 0.1) is 23.4 Å². The molecule has 0 bridgehead atoms. The molecule has 14 heavy (non-hydrogen) atoms. The van der Waals surface area contributed by atoms with Crippen molar-refractivity contribution in [3.63, 3.8) is 0 Å². The monoisotopic (exact) mass is 203 g/mol. The topological polar surface area (TPSA) is 19.9 Å². The van der Waals surface area contributed by atoms with Gasteiger partial charge >= 0.3 is 0 Å². The lowest BCUT2D eigenvalue weighted by Gasteiger charge is -2.13. The summed E-state index contributed by atoms with van der Waals surface area (Å²) in [5.74, 6) is -3.68. The number of rotatable bonds is 2. The van der Waals surface area contributed by atoms with E-state index in [9.17, 15) is 18.3 Å². The third kappa shape index (κ3) is 2.07. The molecular formula is C10H10F3O. The molecule has 0 saturated carbocycles. The fraction of sp³-hybridized carbons (Fsp3) is 0.400. The lowest BCUT2D eigenvalue weighted by Crippen LogP contribution is -2.09. The fourth-order valence-corrected chi connectivity index (χ4v) is 1.16. The minimum atomic E-state index is -1.50. The molecule has 1 aromatic rings. The third-order valence-corrected chi connectivity index (χ3v) is 1.93. The van der Waals surface area contributed by atoms with Gasteiger partial charge in [0, 0.05) is 12.1 Å². The summed E-state index contributed by atoms with van der Waals surface area (Å²) in [6.07, 6.45) is -1.50. The van der Waals surface area contributed by atoms with Gasteiger partial charge in [0.25, 0.3) is 0 Å². The first-order chi connectivity index (χ1) is 6.43. The van der Waals surface area contributed by atoms with Crippen LogP contribution in [0.1, 0.15) is 25.5 Å². The van der Waals surface area contributed by atoms with E-state index in [-0.39, 0.29) is 0 Å². The highest BCUT2D eigenvalue weighted by Crippen LogP contribution is 2.27. The Morgan fingerprint density at radius 3 is 1.86 bits per heavy atom. The molecule has 0 amide bonds. The first-order valence-corrected chi connectivity index (χ1v) is 4.23. The molecule has 0 aliphatic rings. The summed E-state index contributed by atoms with van der Waals surface area (Å²) in [6, 6.07) is 1.04. The Balaban J connectivity index is 3.20. The summed E-state index contributed by atoms with van der Waals surface area (Å²) in [6.45, 7) is 3.11. The first kappa shape index (κ1) is 11.0.